The number of aromatic nitrogens is 1. The monoisotopic (exact) mass is 435 g/mol. The molecule has 0 saturated carbocycles. The number of halogens is 3. The van der Waals surface area contributed by atoms with Gasteiger partial charge in [0.25, 0.3) is 0 Å². The highest BCUT2D eigenvalue weighted by Crippen LogP contribution is 2.33. The van der Waals surface area contributed by atoms with Crippen molar-refractivity contribution in [2.24, 2.45) is 5.92 Å². The fourth-order valence-electron chi connectivity index (χ4n) is 3.86. The first-order chi connectivity index (χ1) is 14.8. The molecule has 2 aromatic rings. The van der Waals surface area contributed by atoms with Crippen LogP contribution in [-0.4, -0.2) is 37.2 Å². The Morgan fingerprint density at radius 3 is 2.48 bits per heavy atom. The largest absolute Gasteiger partial charge is 0.486 e. The third-order valence-corrected chi connectivity index (χ3v) is 5.69. The second-order valence-electron chi connectivity index (χ2n) is 7.80. The van der Waals surface area contributed by atoms with Crippen LogP contribution in [0.3, 0.4) is 0 Å². The van der Waals surface area contributed by atoms with Crippen LogP contribution in [-0.2, 0) is 11.0 Å². The van der Waals surface area contributed by atoms with Crippen LogP contribution < -0.4 is 19.7 Å². The zero-order chi connectivity index (χ0) is 22.0. The van der Waals surface area contributed by atoms with Crippen molar-refractivity contribution in [2.75, 3.05) is 31.2 Å². The van der Waals surface area contributed by atoms with Crippen LogP contribution in [0.5, 0.6) is 11.5 Å². The van der Waals surface area contributed by atoms with Gasteiger partial charge in [0, 0.05) is 25.2 Å². The standard InChI is InChI=1S/C22H24F3N3O3/c1-14(16-2-4-18-19(12-16)31-11-10-30-18)27-21(29)15-6-8-28(9-7-15)20-5-3-17(13-26-20)22(23,24)25/h2-5,12-15H,6-11H2,1H3,(H,27,29). The Morgan fingerprint density at radius 2 is 1.84 bits per heavy atom. The molecule has 1 aromatic heterocycles. The van der Waals surface area contributed by atoms with Crippen LogP contribution in [0.1, 0.15) is 36.9 Å². The van der Waals surface area contributed by atoms with Gasteiger partial charge in [-0.15, -0.1) is 0 Å². The number of pyridine rings is 1. The molecule has 166 valence electrons. The van der Waals surface area contributed by atoms with Gasteiger partial charge in [0.1, 0.15) is 19.0 Å². The number of ether oxygens (including phenoxy) is 2. The molecule has 31 heavy (non-hydrogen) atoms. The number of carbonyl (C=O) groups excluding carboxylic acids is 1. The molecule has 2 aliphatic rings. The lowest BCUT2D eigenvalue weighted by Crippen LogP contribution is -2.41. The average molecular weight is 435 g/mol. The number of fused-ring (bicyclic) bond motifs is 1. The van der Waals surface area contributed by atoms with E-state index in [2.05, 4.69) is 10.3 Å². The Hall–Kier alpha value is -2.97. The van der Waals surface area contributed by atoms with Gasteiger partial charge in [-0.1, -0.05) is 6.07 Å². The minimum Gasteiger partial charge on any atom is -0.486 e. The molecule has 0 aliphatic carbocycles. The van der Waals surface area contributed by atoms with Gasteiger partial charge in [-0.25, -0.2) is 4.98 Å². The summed E-state index contributed by atoms with van der Waals surface area (Å²) in [6.07, 6.45) is -2.32. The minimum atomic E-state index is -4.40. The van der Waals surface area contributed by atoms with Crippen LogP contribution in [0.25, 0.3) is 0 Å². The fourth-order valence-corrected chi connectivity index (χ4v) is 3.86. The summed E-state index contributed by atoms with van der Waals surface area (Å²) in [5.74, 6) is 1.71. The number of hydrogen-bond donors (Lipinski definition) is 1. The van der Waals surface area contributed by atoms with Crippen molar-refractivity contribution in [3.63, 3.8) is 0 Å². The topological polar surface area (TPSA) is 63.7 Å². The number of rotatable bonds is 4. The Bertz CT molecular complexity index is 926. The maximum atomic E-state index is 12.7. The molecule has 6 nitrogen and oxygen atoms in total. The van der Waals surface area contributed by atoms with E-state index in [1.807, 2.05) is 30.0 Å². The van der Waals surface area contributed by atoms with Gasteiger partial charge < -0.3 is 19.7 Å². The Labute approximate surface area is 178 Å². The molecule has 1 saturated heterocycles. The number of nitrogens with zero attached hydrogens (tertiary/aromatic N) is 2. The van der Waals surface area contributed by atoms with Crippen LogP contribution in [0, 0.1) is 5.92 Å². The van der Waals surface area contributed by atoms with E-state index >= 15 is 0 Å². The lowest BCUT2D eigenvalue weighted by atomic mass is 9.95. The first-order valence-corrected chi connectivity index (χ1v) is 10.3. The lowest BCUT2D eigenvalue weighted by molar-refractivity contribution is -0.137. The summed E-state index contributed by atoms with van der Waals surface area (Å²) in [4.78, 5) is 18.6. The zero-order valence-electron chi connectivity index (χ0n) is 17.1. The van der Waals surface area contributed by atoms with Crippen LogP contribution in [0.4, 0.5) is 19.0 Å². The molecule has 1 N–H and O–H groups in total. The molecule has 0 radical (unpaired) electrons. The molecule has 9 heteroatoms. The van der Waals surface area contributed by atoms with Crippen LogP contribution in [0.2, 0.25) is 0 Å². The van der Waals surface area contributed by atoms with E-state index in [0.717, 1.165) is 17.8 Å². The number of piperidine rings is 1. The minimum absolute atomic E-state index is 0.0255. The Kier molecular flexibility index (Phi) is 5.93. The van der Waals surface area contributed by atoms with Crippen molar-refractivity contribution >= 4 is 11.7 Å². The van der Waals surface area contributed by atoms with Gasteiger partial charge >= 0.3 is 6.18 Å². The smallest absolute Gasteiger partial charge is 0.417 e. The fraction of sp³-hybridized carbons (Fsp3) is 0.455. The number of anilines is 1. The van der Waals surface area contributed by atoms with E-state index in [1.54, 1.807) is 0 Å². The van der Waals surface area contributed by atoms with E-state index in [-0.39, 0.29) is 17.9 Å². The summed E-state index contributed by atoms with van der Waals surface area (Å²) in [6, 6.07) is 7.89. The number of carbonyl (C=O) groups is 1. The number of benzene rings is 1. The Morgan fingerprint density at radius 1 is 1.13 bits per heavy atom. The van der Waals surface area contributed by atoms with E-state index in [4.69, 9.17) is 9.47 Å². The zero-order valence-corrected chi connectivity index (χ0v) is 17.1. The summed E-state index contributed by atoms with van der Waals surface area (Å²) in [5, 5.41) is 3.06. The summed E-state index contributed by atoms with van der Waals surface area (Å²) in [6.45, 7) is 4.08. The maximum absolute atomic E-state index is 12.7. The summed E-state index contributed by atoms with van der Waals surface area (Å²) in [5.41, 5.74) is 0.169. The van der Waals surface area contributed by atoms with Crippen molar-refractivity contribution in [3.8, 4) is 11.5 Å². The van der Waals surface area contributed by atoms with Gasteiger partial charge in [-0.2, -0.15) is 13.2 Å². The highest BCUT2D eigenvalue weighted by atomic mass is 19.4. The molecule has 0 bridgehead atoms. The first-order valence-electron chi connectivity index (χ1n) is 10.3. The van der Waals surface area contributed by atoms with Crippen molar-refractivity contribution in [3.05, 3.63) is 47.7 Å². The van der Waals surface area contributed by atoms with Crippen molar-refractivity contribution in [1.82, 2.24) is 10.3 Å². The molecular formula is C22H24F3N3O3. The van der Waals surface area contributed by atoms with E-state index in [0.29, 0.717) is 56.5 Å². The second kappa shape index (κ2) is 8.64. The molecule has 1 fully saturated rings. The number of hydrogen-bond acceptors (Lipinski definition) is 5. The van der Waals surface area contributed by atoms with Crippen molar-refractivity contribution < 1.29 is 27.4 Å². The van der Waals surface area contributed by atoms with E-state index < -0.39 is 11.7 Å². The lowest BCUT2D eigenvalue weighted by Gasteiger charge is -2.32. The quantitative estimate of drug-likeness (QED) is 0.788. The normalized spacial score (nSPS) is 17.9. The predicted molar refractivity (Wildman–Crippen MR) is 108 cm³/mol. The third-order valence-electron chi connectivity index (χ3n) is 5.69. The van der Waals surface area contributed by atoms with Crippen LogP contribution in [0.15, 0.2) is 36.5 Å². The van der Waals surface area contributed by atoms with Gasteiger partial charge in [-0.3, -0.25) is 4.79 Å². The highest BCUT2D eigenvalue weighted by Gasteiger charge is 2.31. The molecule has 4 rings (SSSR count). The Balaban J connectivity index is 1.31. The van der Waals surface area contributed by atoms with E-state index in [1.165, 1.54) is 6.07 Å². The van der Waals surface area contributed by atoms with Crippen molar-refractivity contribution in [1.29, 1.82) is 0 Å². The van der Waals surface area contributed by atoms with Crippen molar-refractivity contribution in [2.45, 2.75) is 32.0 Å². The average Bonchev–Trinajstić information content (AvgIpc) is 2.78. The number of amides is 1. The van der Waals surface area contributed by atoms with Gasteiger partial charge in [0.2, 0.25) is 5.91 Å². The number of alkyl halides is 3. The summed E-state index contributed by atoms with van der Waals surface area (Å²) >= 11 is 0. The second-order valence-corrected chi connectivity index (χ2v) is 7.80. The summed E-state index contributed by atoms with van der Waals surface area (Å²) in [7, 11) is 0. The first kappa shape index (κ1) is 21.3. The van der Waals surface area contributed by atoms with Gasteiger partial charge in [-0.05, 0) is 49.6 Å². The SMILES string of the molecule is CC(NC(=O)C1CCN(c2ccc(C(F)(F)F)cn2)CC1)c1ccc2c(c1)OCCO2. The van der Waals surface area contributed by atoms with E-state index in [9.17, 15) is 18.0 Å². The molecule has 1 amide bonds. The third kappa shape index (κ3) is 4.86. The molecule has 1 aromatic carbocycles. The molecule has 0 spiro atoms. The number of nitrogens with one attached hydrogen (secondary N) is 1. The molecule has 1 atom stereocenters. The van der Waals surface area contributed by atoms with Crippen LogP contribution >= 0.6 is 0 Å². The van der Waals surface area contributed by atoms with Gasteiger partial charge in [0.05, 0.1) is 11.6 Å². The molecule has 1 unspecified atom stereocenters. The molecule has 3 heterocycles. The predicted octanol–water partition coefficient (Wildman–Crippen LogP) is 3.97. The summed E-state index contributed by atoms with van der Waals surface area (Å²) < 4.78 is 49.2. The molecular weight excluding hydrogens is 411 g/mol. The molecule has 2 aliphatic heterocycles. The highest BCUT2D eigenvalue weighted by molar-refractivity contribution is 5.79. The maximum Gasteiger partial charge on any atom is 0.417 e. The van der Waals surface area contributed by atoms with Gasteiger partial charge in [0.15, 0.2) is 11.5 Å².